The lowest BCUT2D eigenvalue weighted by molar-refractivity contribution is 0.0675. The summed E-state index contributed by atoms with van der Waals surface area (Å²) < 4.78 is 7.55. The second kappa shape index (κ2) is 8.56. The molecule has 1 saturated heterocycles. The highest BCUT2D eigenvalue weighted by molar-refractivity contribution is 7.99. The van der Waals surface area contributed by atoms with Crippen LogP contribution in [0.3, 0.4) is 0 Å². The SMILES string of the molecule is N#CC1(c2cccc(Sc3ccc4c(c3)ncc3nnc(-c5ccccc5)n34)c2)CCOCC1. The largest absolute Gasteiger partial charge is 0.381 e. The van der Waals surface area contributed by atoms with Crippen LogP contribution < -0.4 is 0 Å². The molecular weight excluding hydrogens is 442 g/mol. The number of aromatic nitrogens is 4. The van der Waals surface area contributed by atoms with Crippen LogP contribution in [0, 0.1) is 11.3 Å². The summed E-state index contributed by atoms with van der Waals surface area (Å²) in [6.07, 6.45) is 3.23. The summed E-state index contributed by atoms with van der Waals surface area (Å²) in [6.45, 7) is 1.26. The second-order valence-corrected chi connectivity index (χ2v) is 9.58. The van der Waals surface area contributed by atoms with Crippen molar-refractivity contribution >= 4 is 28.4 Å². The minimum Gasteiger partial charge on any atom is -0.381 e. The predicted molar refractivity (Wildman–Crippen MR) is 132 cm³/mol. The molecular formula is C27H21N5OS. The van der Waals surface area contributed by atoms with Crippen molar-refractivity contribution in [2.45, 2.75) is 28.0 Å². The van der Waals surface area contributed by atoms with Gasteiger partial charge in [-0.15, -0.1) is 10.2 Å². The number of ether oxygens (including phenoxy) is 1. The van der Waals surface area contributed by atoms with Crippen LogP contribution in [0.2, 0.25) is 0 Å². The van der Waals surface area contributed by atoms with Gasteiger partial charge in [0, 0.05) is 28.6 Å². The highest BCUT2D eigenvalue weighted by Gasteiger charge is 2.34. The first-order valence-corrected chi connectivity index (χ1v) is 12.0. The fourth-order valence-corrected chi connectivity index (χ4v) is 5.47. The molecule has 1 aliphatic rings. The molecule has 3 aromatic carbocycles. The molecule has 1 fully saturated rings. The Labute approximate surface area is 201 Å². The van der Waals surface area contributed by atoms with Crippen LogP contribution >= 0.6 is 11.8 Å². The maximum Gasteiger partial charge on any atom is 0.180 e. The van der Waals surface area contributed by atoms with Gasteiger partial charge < -0.3 is 4.74 Å². The van der Waals surface area contributed by atoms with E-state index in [0.717, 1.165) is 56.3 Å². The molecule has 0 spiro atoms. The fraction of sp³-hybridized carbons (Fsp3) is 0.185. The number of hydrogen-bond donors (Lipinski definition) is 0. The summed E-state index contributed by atoms with van der Waals surface area (Å²) in [7, 11) is 0. The Kier molecular flexibility index (Phi) is 5.25. The van der Waals surface area contributed by atoms with Crippen molar-refractivity contribution in [3.05, 3.63) is 84.6 Å². The van der Waals surface area contributed by atoms with E-state index in [0.29, 0.717) is 13.2 Å². The molecule has 5 aromatic rings. The van der Waals surface area contributed by atoms with Crippen LogP contribution in [-0.4, -0.2) is 32.8 Å². The Morgan fingerprint density at radius 1 is 0.912 bits per heavy atom. The predicted octanol–water partition coefficient (Wildman–Crippen LogP) is 5.67. The molecule has 7 heteroatoms. The maximum absolute atomic E-state index is 9.93. The Morgan fingerprint density at radius 2 is 1.74 bits per heavy atom. The molecule has 3 heterocycles. The van der Waals surface area contributed by atoms with Crippen molar-refractivity contribution in [1.29, 1.82) is 5.26 Å². The van der Waals surface area contributed by atoms with E-state index in [-0.39, 0.29) is 0 Å². The first-order chi connectivity index (χ1) is 16.8. The van der Waals surface area contributed by atoms with Crippen LogP contribution in [0.25, 0.3) is 28.1 Å². The summed E-state index contributed by atoms with van der Waals surface area (Å²) in [5.41, 5.74) is 4.18. The van der Waals surface area contributed by atoms with Crippen molar-refractivity contribution < 1.29 is 4.74 Å². The summed E-state index contributed by atoms with van der Waals surface area (Å²) in [5, 5.41) is 18.7. The Bertz CT molecular complexity index is 1530. The van der Waals surface area contributed by atoms with E-state index in [1.807, 2.05) is 36.4 Å². The first-order valence-electron chi connectivity index (χ1n) is 11.2. The van der Waals surface area contributed by atoms with Crippen molar-refractivity contribution in [1.82, 2.24) is 19.6 Å². The number of nitriles is 1. The van der Waals surface area contributed by atoms with Crippen molar-refractivity contribution in [3.63, 3.8) is 0 Å². The zero-order valence-corrected chi connectivity index (χ0v) is 19.2. The lowest BCUT2D eigenvalue weighted by Gasteiger charge is -2.31. The van der Waals surface area contributed by atoms with Gasteiger partial charge in [0.2, 0.25) is 0 Å². The van der Waals surface area contributed by atoms with Gasteiger partial charge in [-0.2, -0.15) is 5.26 Å². The van der Waals surface area contributed by atoms with E-state index in [1.54, 1.807) is 18.0 Å². The quantitative estimate of drug-likeness (QED) is 0.342. The Hall–Kier alpha value is -3.73. The minimum absolute atomic E-state index is 0.465. The van der Waals surface area contributed by atoms with Crippen molar-refractivity contribution in [2.24, 2.45) is 0 Å². The molecule has 0 radical (unpaired) electrons. The normalized spacial score (nSPS) is 15.4. The molecule has 6 nitrogen and oxygen atoms in total. The van der Waals surface area contributed by atoms with Crippen molar-refractivity contribution in [3.8, 4) is 17.5 Å². The number of hydrogen-bond acceptors (Lipinski definition) is 6. The van der Waals surface area contributed by atoms with Crippen LogP contribution in [0.1, 0.15) is 18.4 Å². The topological polar surface area (TPSA) is 76.1 Å². The molecule has 0 unspecified atom stereocenters. The molecule has 0 aliphatic carbocycles. The average molecular weight is 464 g/mol. The Balaban J connectivity index is 1.36. The molecule has 34 heavy (non-hydrogen) atoms. The number of rotatable bonds is 4. The highest BCUT2D eigenvalue weighted by Crippen LogP contribution is 2.37. The third-order valence-corrected chi connectivity index (χ3v) is 7.39. The second-order valence-electron chi connectivity index (χ2n) is 8.43. The highest BCUT2D eigenvalue weighted by atomic mass is 32.2. The van der Waals surface area contributed by atoms with E-state index in [2.05, 4.69) is 62.0 Å². The lowest BCUT2D eigenvalue weighted by atomic mass is 9.75. The van der Waals surface area contributed by atoms with E-state index in [9.17, 15) is 5.26 Å². The molecule has 2 aromatic heterocycles. The monoisotopic (exact) mass is 463 g/mol. The van der Waals surface area contributed by atoms with Crippen LogP contribution in [0.4, 0.5) is 0 Å². The van der Waals surface area contributed by atoms with Crippen LogP contribution in [0.5, 0.6) is 0 Å². The minimum atomic E-state index is -0.465. The summed E-state index contributed by atoms with van der Waals surface area (Å²) in [5.74, 6) is 0.800. The third kappa shape index (κ3) is 3.61. The number of benzene rings is 3. The number of fused-ring (bicyclic) bond motifs is 3. The smallest absolute Gasteiger partial charge is 0.180 e. The average Bonchev–Trinajstić information content (AvgIpc) is 3.34. The van der Waals surface area contributed by atoms with Gasteiger partial charge in [-0.05, 0) is 48.7 Å². The third-order valence-electron chi connectivity index (χ3n) is 6.41. The van der Waals surface area contributed by atoms with Gasteiger partial charge in [-0.3, -0.25) is 9.38 Å². The standard InChI is InChI=1S/C27H21N5OS/c28-18-27(11-13-33-14-12-27)20-7-4-8-21(15-20)34-22-9-10-24-23(16-22)29-17-25-30-31-26(32(24)25)19-5-2-1-3-6-19/h1-10,15-17H,11-14H2. The molecule has 0 atom stereocenters. The van der Waals surface area contributed by atoms with Gasteiger partial charge in [-0.1, -0.05) is 54.2 Å². The van der Waals surface area contributed by atoms with Gasteiger partial charge in [-0.25, -0.2) is 0 Å². The Morgan fingerprint density at radius 3 is 2.56 bits per heavy atom. The zero-order valence-electron chi connectivity index (χ0n) is 18.4. The van der Waals surface area contributed by atoms with Gasteiger partial charge in [0.1, 0.15) is 0 Å². The fourth-order valence-electron chi connectivity index (χ4n) is 4.56. The van der Waals surface area contributed by atoms with E-state index in [1.165, 1.54) is 0 Å². The van der Waals surface area contributed by atoms with Crippen LogP contribution in [0.15, 0.2) is 88.8 Å². The molecule has 6 rings (SSSR count). The molecule has 1 aliphatic heterocycles. The van der Waals surface area contributed by atoms with E-state index < -0.39 is 5.41 Å². The summed E-state index contributed by atoms with van der Waals surface area (Å²) in [6, 6.07) is 27.2. The lowest BCUT2D eigenvalue weighted by Crippen LogP contribution is -2.32. The summed E-state index contributed by atoms with van der Waals surface area (Å²) in [4.78, 5) is 6.83. The van der Waals surface area contributed by atoms with Crippen LogP contribution in [-0.2, 0) is 10.2 Å². The number of nitrogens with zero attached hydrogens (tertiary/aromatic N) is 5. The van der Waals surface area contributed by atoms with E-state index in [4.69, 9.17) is 4.74 Å². The molecule has 0 N–H and O–H groups in total. The zero-order chi connectivity index (χ0) is 23.0. The summed E-state index contributed by atoms with van der Waals surface area (Å²) >= 11 is 1.68. The molecule has 0 bridgehead atoms. The van der Waals surface area contributed by atoms with Crippen molar-refractivity contribution in [2.75, 3.05) is 13.2 Å². The van der Waals surface area contributed by atoms with E-state index >= 15 is 0 Å². The van der Waals surface area contributed by atoms with Gasteiger partial charge in [0.25, 0.3) is 0 Å². The van der Waals surface area contributed by atoms with Gasteiger partial charge >= 0.3 is 0 Å². The first kappa shape index (κ1) is 20.8. The maximum atomic E-state index is 9.93. The van der Waals surface area contributed by atoms with Gasteiger partial charge in [0.05, 0.1) is 28.7 Å². The molecule has 0 saturated carbocycles. The van der Waals surface area contributed by atoms with Gasteiger partial charge in [0.15, 0.2) is 11.5 Å². The molecule has 0 amide bonds. The molecule has 166 valence electrons.